The van der Waals surface area contributed by atoms with Gasteiger partial charge in [0.25, 0.3) is 0 Å². The minimum Gasteiger partial charge on any atom is -0.374 e. The lowest BCUT2D eigenvalue weighted by Gasteiger charge is -2.41. The largest absolute Gasteiger partial charge is 0.534 e. The van der Waals surface area contributed by atoms with Gasteiger partial charge in [0.2, 0.25) is 5.79 Å². The summed E-state index contributed by atoms with van der Waals surface area (Å²) in [5, 5.41) is 0. The molecule has 0 aromatic heterocycles. The van der Waals surface area contributed by atoms with E-state index in [0.717, 1.165) is 0 Å². The summed E-state index contributed by atoms with van der Waals surface area (Å²) in [5.74, 6) is -1.74. The fourth-order valence-electron chi connectivity index (χ4n) is 3.19. The number of rotatable bonds is 3. The van der Waals surface area contributed by atoms with Gasteiger partial charge in [-0.05, 0) is 34.2 Å². The van der Waals surface area contributed by atoms with Crippen LogP contribution >= 0.6 is 22.6 Å². The Morgan fingerprint density at radius 1 is 1.15 bits per heavy atom. The zero-order chi connectivity index (χ0) is 18.7. The van der Waals surface area contributed by atoms with E-state index in [9.17, 15) is 21.6 Å². The van der Waals surface area contributed by atoms with Crippen molar-refractivity contribution in [2.45, 2.75) is 24.0 Å². The van der Waals surface area contributed by atoms with Gasteiger partial charge < -0.3 is 23.1 Å². The Balaban J connectivity index is 1.83. The molecule has 7 nitrogen and oxygen atoms in total. The molecule has 1 spiro atoms. The molecule has 0 bridgehead atoms. The maximum absolute atomic E-state index is 12.8. The highest BCUT2D eigenvalue weighted by atomic mass is 127. The number of alkyl halides is 3. The average Bonchev–Trinajstić information content (AvgIpc) is 3.20. The van der Waals surface area contributed by atoms with Crippen LogP contribution in [0.15, 0.2) is 6.07 Å². The molecule has 0 N–H and O–H groups in total. The van der Waals surface area contributed by atoms with Crippen LogP contribution in [0.1, 0.15) is 23.0 Å². The summed E-state index contributed by atoms with van der Waals surface area (Å²) in [6.45, 7) is 1.24. The molecule has 144 valence electrons. The van der Waals surface area contributed by atoms with Gasteiger partial charge in [-0.3, -0.25) is 0 Å². The third-order valence-electron chi connectivity index (χ3n) is 4.27. The summed E-state index contributed by atoms with van der Waals surface area (Å²) < 4.78 is 88.0. The molecular formula is C14H12F3IO7S. The Labute approximate surface area is 159 Å². The smallest absolute Gasteiger partial charge is 0.374 e. The van der Waals surface area contributed by atoms with Crippen molar-refractivity contribution in [2.75, 3.05) is 26.4 Å². The molecule has 2 heterocycles. The van der Waals surface area contributed by atoms with Gasteiger partial charge in [-0.25, -0.2) is 0 Å². The summed E-state index contributed by atoms with van der Waals surface area (Å²) in [4.78, 5) is 0. The van der Waals surface area contributed by atoms with E-state index in [1.807, 2.05) is 0 Å². The lowest BCUT2D eigenvalue weighted by Crippen LogP contribution is -2.42. The topological polar surface area (TPSA) is 80.3 Å². The molecule has 1 aliphatic carbocycles. The SMILES string of the molecule is O=S(=O)(Oc1c(I)cc(C2OCCO2)c2c1C1(C2)OCCO1)C(F)(F)F. The number of halogens is 4. The number of benzene rings is 1. The summed E-state index contributed by atoms with van der Waals surface area (Å²) in [6, 6.07) is 1.50. The van der Waals surface area contributed by atoms with Crippen molar-refractivity contribution in [2.24, 2.45) is 0 Å². The second-order valence-electron chi connectivity index (χ2n) is 5.81. The number of hydrogen-bond acceptors (Lipinski definition) is 7. The van der Waals surface area contributed by atoms with Crippen LogP contribution in [0.25, 0.3) is 0 Å². The van der Waals surface area contributed by atoms with Crippen molar-refractivity contribution in [3.63, 3.8) is 0 Å². The van der Waals surface area contributed by atoms with E-state index in [2.05, 4.69) is 4.18 Å². The van der Waals surface area contributed by atoms with Gasteiger partial charge in [-0.2, -0.15) is 21.6 Å². The van der Waals surface area contributed by atoms with Crippen molar-refractivity contribution in [1.29, 1.82) is 0 Å². The molecule has 26 heavy (non-hydrogen) atoms. The summed E-state index contributed by atoms with van der Waals surface area (Å²) in [5.41, 5.74) is -4.26. The minimum absolute atomic E-state index is 0.142. The molecule has 0 unspecified atom stereocenters. The van der Waals surface area contributed by atoms with Crippen molar-refractivity contribution in [3.8, 4) is 5.75 Å². The van der Waals surface area contributed by atoms with Crippen LogP contribution in [0.2, 0.25) is 0 Å². The van der Waals surface area contributed by atoms with Crippen LogP contribution in [0.3, 0.4) is 0 Å². The summed E-state index contributed by atoms with van der Waals surface area (Å²) in [7, 11) is -5.84. The molecule has 0 radical (unpaired) electrons. The molecular weight excluding hydrogens is 496 g/mol. The molecule has 0 atom stereocenters. The van der Waals surface area contributed by atoms with Gasteiger partial charge in [0, 0.05) is 12.0 Å². The van der Waals surface area contributed by atoms with E-state index in [1.54, 1.807) is 22.6 Å². The molecule has 2 aliphatic heterocycles. The van der Waals surface area contributed by atoms with Gasteiger partial charge in [0.05, 0.1) is 35.6 Å². The minimum atomic E-state index is -5.84. The molecule has 1 aromatic rings. The Morgan fingerprint density at radius 3 is 2.35 bits per heavy atom. The van der Waals surface area contributed by atoms with Crippen molar-refractivity contribution < 1.29 is 44.7 Å². The van der Waals surface area contributed by atoms with Crippen molar-refractivity contribution in [1.82, 2.24) is 0 Å². The van der Waals surface area contributed by atoms with Gasteiger partial charge in [0.15, 0.2) is 12.0 Å². The van der Waals surface area contributed by atoms with Crippen molar-refractivity contribution >= 4 is 32.7 Å². The second-order valence-corrected chi connectivity index (χ2v) is 8.51. The van der Waals surface area contributed by atoms with Crippen LogP contribution in [-0.4, -0.2) is 40.4 Å². The zero-order valence-electron chi connectivity index (χ0n) is 13.0. The van der Waals surface area contributed by atoms with Crippen LogP contribution in [-0.2, 0) is 41.3 Å². The van der Waals surface area contributed by atoms with E-state index in [1.165, 1.54) is 6.07 Å². The molecule has 0 amide bonds. The maximum atomic E-state index is 12.8. The highest BCUT2D eigenvalue weighted by Gasteiger charge is 2.56. The lowest BCUT2D eigenvalue weighted by atomic mass is 9.78. The van der Waals surface area contributed by atoms with Crippen molar-refractivity contribution in [3.05, 3.63) is 26.3 Å². The van der Waals surface area contributed by atoms with Gasteiger partial charge >= 0.3 is 15.6 Å². The normalized spacial score (nSPS) is 22.5. The molecule has 2 fully saturated rings. The standard InChI is InChI=1S/C14H12F3IO7S/c15-14(16,17)26(19,20)25-11-9(18)5-7(12-21-1-2-22-12)8-6-13(10(8)11)23-3-4-24-13/h5,12H,1-4,6H2. The lowest BCUT2D eigenvalue weighted by molar-refractivity contribution is -0.184. The number of ether oxygens (including phenoxy) is 4. The Hall–Kier alpha value is -0.670. The Kier molecular flexibility index (Phi) is 4.43. The monoisotopic (exact) mass is 508 g/mol. The fraction of sp³-hybridized carbons (Fsp3) is 0.571. The van der Waals surface area contributed by atoms with E-state index in [0.29, 0.717) is 24.3 Å². The van der Waals surface area contributed by atoms with Crippen LogP contribution in [0, 0.1) is 3.57 Å². The first-order valence-corrected chi connectivity index (χ1v) is 10.0. The van der Waals surface area contributed by atoms with E-state index >= 15 is 0 Å². The first-order valence-electron chi connectivity index (χ1n) is 7.52. The second kappa shape index (κ2) is 6.17. The molecule has 3 aliphatic rings. The molecule has 2 saturated heterocycles. The Bertz CT molecular complexity index is 843. The molecule has 4 rings (SSSR count). The zero-order valence-corrected chi connectivity index (χ0v) is 15.9. The van der Waals surface area contributed by atoms with Gasteiger partial charge in [-0.1, -0.05) is 0 Å². The highest BCUT2D eigenvalue weighted by molar-refractivity contribution is 14.1. The molecule has 0 saturated carbocycles. The van der Waals surface area contributed by atoms with E-state index in [4.69, 9.17) is 18.9 Å². The highest BCUT2D eigenvalue weighted by Crippen LogP contribution is 2.55. The summed E-state index contributed by atoms with van der Waals surface area (Å²) in [6.07, 6.45) is -0.440. The first kappa shape index (κ1) is 18.7. The predicted molar refractivity (Wildman–Crippen MR) is 86.7 cm³/mol. The Morgan fingerprint density at radius 2 is 1.77 bits per heavy atom. The van der Waals surface area contributed by atoms with E-state index in [-0.39, 0.29) is 28.8 Å². The van der Waals surface area contributed by atoms with Gasteiger partial charge in [-0.15, -0.1) is 0 Å². The maximum Gasteiger partial charge on any atom is 0.534 e. The number of fused-ring (bicyclic) bond motifs is 2. The predicted octanol–water partition coefficient (Wildman–Crippen LogP) is 2.32. The number of hydrogen-bond donors (Lipinski definition) is 0. The van der Waals surface area contributed by atoms with Crippen LogP contribution < -0.4 is 4.18 Å². The summed E-state index contributed by atoms with van der Waals surface area (Å²) >= 11 is 1.71. The van der Waals surface area contributed by atoms with E-state index < -0.39 is 33.5 Å². The van der Waals surface area contributed by atoms with Crippen LogP contribution in [0.5, 0.6) is 5.75 Å². The fourth-order valence-corrected chi connectivity index (χ4v) is 4.54. The quantitative estimate of drug-likeness (QED) is 0.353. The average molecular weight is 508 g/mol. The van der Waals surface area contributed by atoms with Crippen LogP contribution in [0.4, 0.5) is 13.2 Å². The molecule has 12 heteroatoms. The van der Waals surface area contributed by atoms with Gasteiger partial charge in [0.1, 0.15) is 0 Å². The first-order chi connectivity index (χ1) is 12.1. The third kappa shape index (κ3) is 2.81. The molecule has 1 aromatic carbocycles. The third-order valence-corrected chi connectivity index (χ3v) is 6.03.